The van der Waals surface area contributed by atoms with Gasteiger partial charge in [0.1, 0.15) is 5.75 Å². The predicted octanol–water partition coefficient (Wildman–Crippen LogP) is 3.71. The van der Waals surface area contributed by atoms with Gasteiger partial charge in [-0.3, -0.25) is 4.79 Å². The molecule has 5 nitrogen and oxygen atoms in total. The number of hydrogen-bond donors (Lipinski definition) is 0. The molecule has 1 amide bonds. The van der Waals surface area contributed by atoms with Gasteiger partial charge in [0, 0.05) is 13.1 Å². The van der Waals surface area contributed by atoms with E-state index >= 15 is 0 Å². The lowest BCUT2D eigenvalue weighted by atomic mass is 9.99. The number of hydrogen-bond acceptors (Lipinski definition) is 4. The summed E-state index contributed by atoms with van der Waals surface area (Å²) in [4.78, 5) is 26.4. The summed E-state index contributed by atoms with van der Waals surface area (Å²) < 4.78 is 10.8. The lowest BCUT2D eigenvalue weighted by Crippen LogP contribution is -2.43. The number of amides is 1. The van der Waals surface area contributed by atoms with Crippen LogP contribution in [0.25, 0.3) is 0 Å². The van der Waals surface area contributed by atoms with Gasteiger partial charge in [0.15, 0.2) is 12.7 Å². The first-order valence-electron chi connectivity index (χ1n) is 9.72. The minimum atomic E-state index is -0.829. The molecule has 0 aliphatic carbocycles. The van der Waals surface area contributed by atoms with Crippen LogP contribution in [0.4, 0.5) is 0 Å². The lowest BCUT2D eigenvalue weighted by Gasteiger charge is -2.30. The van der Waals surface area contributed by atoms with Crippen molar-refractivity contribution in [3.63, 3.8) is 0 Å². The molecule has 1 heterocycles. The molecule has 1 atom stereocenters. The molecule has 0 N–H and O–H groups in total. The second-order valence-corrected chi connectivity index (χ2v) is 7.42. The summed E-state index contributed by atoms with van der Waals surface area (Å²) >= 11 is 0. The van der Waals surface area contributed by atoms with Crippen molar-refractivity contribution >= 4 is 11.9 Å². The average Bonchev–Trinajstić information content (AvgIpc) is 2.71. The third kappa shape index (κ3) is 4.91. The van der Waals surface area contributed by atoms with E-state index < -0.39 is 12.1 Å². The van der Waals surface area contributed by atoms with Crippen LogP contribution in [-0.2, 0) is 27.3 Å². The largest absolute Gasteiger partial charge is 0.482 e. The molecular weight excluding hydrogens is 354 g/mol. The second-order valence-electron chi connectivity index (χ2n) is 7.42. The first-order chi connectivity index (χ1) is 13.4. The summed E-state index contributed by atoms with van der Waals surface area (Å²) in [6, 6.07) is 15.7. The molecule has 0 unspecified atom stereocenters. The highest BCUT2D eigenvalue weighted by molar-refractivity contribution is 5.84. The minimum absolute atomic E-state index is 0.177. The molecule has 0 spiro atoms. The van der Waals surface area contributed by atoms with E-state index in [0.717, 1.165) is 12.0 Å². The minimum Gasteiger partial charge on any atom is -0.482 e. The average molecular weight is 381 g/mol. The van der Waals surface area contributed by atoms with Gasteiger partial charge in [-0.25, -0.2) is 4.79 Å². The fraction of sp³-hybridized carbons (Fsp3) is 0.391. The van der Waals surface area contributed by atoms with Crippen molar-refractivity contribution in [3.8, 4) is 5.75 Å². The van der Waals surface area contributed by atoms with Gasteiger partial charge in [-0.2, -0.15) is 0 Å². The Hall–Kier alpha value is -2.82. The Kier molecular flexibility index (Phi) is 6.34. The van der Waals surface area contributed by atoms with E-state index in [1.165, 1.54) is 11.1 Å². The molecule has 148 valence electrons. The monoisotopic (exact) mass is 381 g/mol. The Morgan fingerprint density at radius 1 is 1.00 bits per heavy atom. The van der Waals surface area contributed by atoms with Gasteiger partial charge >= 0.3 is 5.97 Å². The van der Waals surface area contributed by atoms with Crippen molar-refractivity contribution in [3.05, 3.63) is 65.2 Å². The molecule has 2 aromatic carbocycles. The number of carbonyl (C=O) groups is 2. The topological polar surface area (TPSA) is 55.8 Å². The van der Waals surface area contributed by atoms with Crippen LogP contribution in [0.5, 0.6) is 5.75 Å². The maximum absolute atomic E-state index is 12.6. The van der Waals surface area contributed by atoms with Gasteiger partial charge in [-0.05, 0) is 48.1 Å². The van der Waals surface area contributed by atoms with Crippen LogP contribution in [0, 0.1) is 0 Å². The number of rotatable bonds is 6. The molecule has 0 fully saturated rings. The summed E-state index contributed by atoms with van der Waals surface area (Å²) in [6.07, 6.45) is -0.0115. The number of benzene rings is 2. The van der Waals surface area contributed by atoms with Crippen molar-refractivity contribution in [2.24, 2.45) is 0 Å². The smallest absolute Gasteiger partial charge is 0.344 e. The number of ether oxygens (including phenoxy) is 2. The highest BCUT2D eigenvalue weighted by Crippen LogP contribution is 2.20. The third-order valence-electron chi connectivity index (χ3n) is 5.00. The number of carbonyl (C=O) groups excluding carboxylic acids is 2. The first kappa shape index (κ1) is 19.9. The van der Waals surface area contributed by atoms with E-state index in [1.807, 2.05) is 42.5 Å². The van der Waals surface area contributed by atoms with E-state index in [9.17, 15) is 9.59 Å². The maximum atomic E-state index is 12.6. The van der Waals surface area contributed by atoms with Crippen molar-refractivity contribution < 1.29 is 19.1 Å². The summed E-state index contributed by atoms with van der Waals surface area (Å²) in [5.74, 6) is 0.316. The summed E-state index contributed by atoms with van der Waals surface area (Å²) in [5.41, 5.74) is 3.62. The normalized spacial score (nSPS) is 14.4. The standard InChI is InChI=1S/C23H27NO4/c1-16(2)18-8-10-21(11-9-18)27-15-22(25)28-17(3)23(26)24-13-12-19-6-4-5-7-20(19)14-24/h4-11,16-17H,12-15H2,1-3H3/t17-/m0/s1. The fourth-order valence-corrected chi connectivity index (χ4v) is 3.31. The third-order valence-corrected chi connectivity index (χ3v) is 5.00. The molecule has 0 bridgehead atoms. The van der Waals surface area contributed by atoms with Crippen LogP contribution in [0.3, 0.4) is 0 Å². The van der Waals surface area contributed by atoms with Gasteiger partial charge in [0.05, 0.1) is 0 Å². The Labute approximate surface area is 166 Å². The number of nitrogens with zero attached hydrogens (tertiary/aromatic N) is 1. The zero-order valence-electron chi connectivity index (χ0n) is 16.7. The second kappa shape index (κ2) is 8.91. The van der Waals surface area contributed by atoms with Gasteiger partial charge in [-0.15, -0.1) is 0 Å². The molecule has 28 heavy (non-hydrogen) atoms. The molecule has 0 saturated carbocycles. The highest BCUT2D eigenvalue weighted by Gasteiger charge is 2.27. The Morgan fingerprint density at radius 2 is 1.68 bits per heavy atom. The van der Waals surface area contributed by atoms with Crippen molar-refractivity contribution in [1.29, 1.82) is 0 Å². The number of fused-ring (bicyclic) bond motifs is 1. The van der Waals surface area contributed by atoms with Crippen LogP contribution in [0.15, 0.2) is 48.5 Å². The van der Waals surface area contributed by atoms with E-state index in [4.69, 9.17) is 9.47 Å². The van der Waals surface area contributed by atoms with Crippen LogP contribution in [-0.4, -0.2) is 36.0 Å². The van der Waals surface area contributed by atoms with Gasteiger partial charge in [0.25, 0.3) is 5.91 Å². The molecule has 3 rings (SSSR count). The van der Waals surface area contributed by atoms with E-state index in [-0.39, 0.29) is 12.5 Å². The van der Waals surface area contributed by atoms with Crippen LogP contribution >= 0.6 is 0 Å². The predicted molar refractivity (Wildman–Crippen MR) is 107 cm³/mol. The molecule has 5 heteroatoms. The van der Waals surface area contributed by atoms with Crippen molar-refractivity contribution in [2.45, 2.75) is 45.8 Å². The van der Waals surface area contributed by atoms with E-state index in [2.05, 4.69) is 19.9 Å². The van der Waals surface area contributed by atoms with E-state index in [1.54, 1.807) is 11.8 Å². The lowest BCUT2D eigenvalue weighted by molar-refractivity contribution is -0.161. The quantitative estimate of drug-likeness (QED) is 0.716. The maximum Gasteiger partial charge on any atom is 0.344 e. The Morgan fingerprint density at radius 3 is 2.36 bits per heavy atom. The van der Waals surface area contributed by atoms with Crippen molar-refractivity contribution in [1.82, 2.24) is 4.90 Å². The molecule has 0 radical (unpaired) electrons. The zero-order chi connectivity index (χ0) is 20.1. The molecule has 0 aromatic heterocycles. The fourth-order valence-electron chi connectivity index (χ4n) is 3.31. The molecule has 2 aromatic rings. The summed E-state index contributed by atoms with van der Waals surface area (Å²) in [7, 11) is 0. The molecule has 1 aliphatic heterocycles. The van der Waals surface area contributed by atoms with Crippen molar-refractivity contribution in [2.75, 3.05) is 13.2 Å². The van der Waals surface area contributed by atoms with Crippen LogP contribution in [0.1, 0.15) is 43.4 Å². The van der Waals surface area contributed by atoms with Gasteiger partial charge in [-0.1, -0.05) is 50.2 Å². The van der Waals surface area contributed by atoms with Gasteiger partial charge in [0.2, 0.25) is 0 Å². The zero-order valence-corrected chi connectivity index (χ0v) is 16.7. The summed E-state index contributed by atoms with van der Waals surface area (Å²) in [5, 5.41) is 0. The Bertz CT molecular complexity index is 829. The molecule has 1 aliphatic rings. The molecule has 0 saturated heterocycles. The van der Waals surface area contributed by atoms with Gasteiger partial charge < -0.3 is 14.4 Å². The van der Waals surface area contributed by atoms with E-state index in [0.29, 0.717) is 24.8 Å². The SMILES string of the molecule is CC(C)c1ccc(OCC(=O)O[C@@H](C)C(=O)N2CCc3ccccc3C2)cc1. The summed E-state index contributed by atoms with van der Waals surface area (Å²) in [6.45, 7) is 6.81. The highest BCUT2D eigenvalue weighted by atomic mass is 16.6. The van der Waals surface area contributed by atoms with Crippen LogP contribution in [0.2, 0.25) is 0 Å². The van der Waals surface area contributed by atoms with Crippen LogP contribution < -0.4 is 4.74 Å². The Balaban J connectivity index is 1.48. The molecular formula is C23H27NO4. The number of esters is 1. The first-order valence-corrected chi connectivity index (χ1v) is 9.72.